The maximum absolute atomic E-state index is 11.9. The van der Waals surface area contributed by atoms with Crippen molar-refractivity contribution in [3.05, 3.63) is 0 Å². The Labute approximate surface area is 107 Å². The summed E-state index contributed by atoms with van der Waals surface area (Å²) in [7, 11) is 0. The van der Waals surface area contributed by atoms with Crippen molar-refractivity contribution in [1.29, 1.82) is 0 Å². The van der Waals surface area contributed by atoms with Crippen molar-refractivity contribution in [3.63, 3.8) is 0 Å². The van der Waals surface area contributed by atoms with Crippen LogP contribution in [0.25, 0.3) is 0 Å². The van der Waals surface area contributed by atoms with E-state index in [9.17, 15) is 13.2 Å². The highest BCUT2D eigenvalue weighted by atomic mass is 19.4. The lowest BCUT2D eigenvalue weighted by Gasteiger charge is -2.19. The number of unbranched alkanes of at least 4 members (excludes halogenated alkanes) is 1. The number of rotatable bonds is 7. The van der Waals surface area contributed by atoms with Crippen molar-refractivity contribution >= 4 is 0 Å². The zero-order valence-corrected chi connectivity index (χ0v) is 10.9. The van der Waals surface area contributed by atoms with E-state index in [-0.39, 0.29) is 6.42 Å². The molecule has 0 atom stereocenters. The fourth-order valence-electron chi connectivity index (χ4n) is 2.06. The van der Waals surface area contributed by atoms with Crippen molar-refractivity contribution in [2.45, 2.75) is 31.9 Å². The molecule has 1 saturated heterocycles. The molecule has 1 heterocycles. The lowest BCUT2D eigenvalue weighted by atomic mass is 10.2. The van der Waals surface area contributed by atoms with Crippen molar-refractivity contribution in [1.82, 2.24) is 15.5 Å². The Kier molecular flexibility index (Phi) is 7.62. The Morgan fingerprint density at radius 2 is 1.89 bits per heavy atom. The minimum absolute atomic E-state index is 0.226. The summed E-state index contributed by atoms with van der Waals surface area (Å²) in [6, 6.07) is 0. The van der Waals surface area contributed by atoms with Gasteiger partial charge >= 0.3 is 6.18 Å². The molecule has 2 N–H and O–H groups in total. The first-order valence-corrected chi connectivity index (χ1v) is 6.78. The zero-order chi connectivity index (χ0) is 13.3. The minimum atomic E-state index is -4.00. The summed E-state index contributed by atoms with van der Waals surface area (Å²) in [5, 5.41) is 6.55. The van der Waals surface area contributed by atoms with Crippen molar-refractivity contribution < 1.29 is 13.2 Å². The predicted molar refractivity (Wildman–Crippen MR) is 66.7 cm³/mol. The van der Waals surface area contributed by atoms with Crippen LogP contribution in [-0.4, -0.2) is 56.9 Å². The van der Waals surface area contributed by atoms with Crippen LogP contribution in [0, 0.1) is 0 Å². The van der Waals surface area contributed by atoms with Crippen molar-refractivity contribution in [2.75, 3.05) is 45.8 Å². The summed E-state index contributed by atoms with van der Waals surface area (Å²) >= 11 is 0. The van der Waals surface area contributed by atoms with E-state index >= 15 is 0 Å². The van der Waals surface area contributed by atoms with E-state index in [0.717, 1.165) is 39.3 Å². The van der Waals surface area contributed by atoms with Gasteiger partial charge in [-0.2, -0.15) is 13.2 Å². The number of halogens is 3. The Morgan fingerprint density at radius 3 is 2.67 bits per heavy atom. The summed E-state index contributed by atoms with van der Waals surface area (Å²) < 4.78 is 35.6. The second kappa shape index (κ2) is 8.72. The Bertz CT molecular complexity index is 201. The lowest BCUT2D eigenvalue weighted by molar-refractivity contribution is -0.135. The first-order chi connectivity index (χ1) is 8.58. The molecule has 0 aliphatic carbocycles. The topological polar surface area (TPSA) is 27.3 Å². The number of nitrogens with zero attached hydrogens (tertiary/aromatic N) is 1. The van der Waals surface area contributed by atoms with Gasteiger partial charge in [0.2, 0.25) is 0 Å². The quantitative estimate of drug-likeness (QED) is 0.686. The van der Waals surface area contributed by atoms with Gasteiger partial charge in [-0.05, 0) is 38.9 Å². The van der Waals surface area contributed by atoms with E-state index in [0.29, 0.717) is 13.0 Å². The average molecular weight is 267 g/mol. The fraction of sp³-hybridized carbons (Fsp3) is 1.00. The maximum Gasteiger partial charge on any atom is 0.389 e. The highest BCUT2D eigenvalue weighted by molar-refractivity contribution is 4.66. The second-order valence-corrected chi connectivity index (χ2v) is 4.77. The minimum Gasteiger partial charge on any atom is -0.315 e. The Balaban J connectivity index is 1.89. The van der Waals surface area contributed by atoms with Crippen molar-refractivity contribution in [2.24, 2.45) is 0 Å². The van der Waals surface area contributed by atoms with Crippen LogP contribution in [-0.2, 0) is 0 Å². The summed E-state index contributed by atoms with van der Waals surface area (Å²) in [5.41, 5.74) is 0. The van der Waals surface area contributed by atoms with Crippen LogP contribution in [0.15, 0.2) is 0 Å². The monoisotopic (exact) mass is 267 g/mol. The first kappa shape index (κ1) is 15.7. The molecule has 1 rings (SSSR count). The molecule has 1 aliphatic rings. The molecule has 18 heavy (non-hydrogen) atoms. The molecule has 6 heteroatoms. The van der Waals surface area contributed by atoms with Gasteiger partial charge in [-0.1, -0.05) is 0 Å². The highest BCUT2D eigenvalue weighted by Crippen LogP contribution is 2.21. The zero-order valence-electron chi connectivity index (χ0n) is 10.9. The number of hydrogen-bond donors (Lipinski definition) is 2. The van der Waals surface area contributed by atoms with E-state index in [1.165, 1.54) is 6.42 Å². The molecule has 0 spiro atoms. The third-order valence-electron chi connectivity index (χ3n) is 3.10. The third-order valence-corrected chi connectivity index (χ3v) is 3.10. The second-order valence-electron chi connectivity index (χ2n) is 4.77. The van der Waals surface area contributed by atoms with Gasteiger partial charge in [-0.3, -0.25) is 0 Å². The van der Waals surface area contributed by atoms with Gasteiger partial charge < -0.3 is 15.5 Å². The van der Waals surface area contributed by atoms with Crippen LogP contribution in [0.5, 0.6) is 0 Å². The summed E-state index contributed by atoms with van der Waals surface area (Å²) in [5.74, 6) is 0. The van der Waals surface area contributed by atoms with Crippen LogP contribution >= 0.6 is 0 Å². The molecule has 0 amide bonds. The molecule has 0 radical (unpaired) electrons. The van der Waals surface area contributed by atoms with Crippen LogP contribution in [0.2, 0.25) is 0 Å². The van der Waals surface area contributed by atoms with Gasteiger partial charge in [0, 0.05) is 32.6 Å². The van der Waals surface area contributed by atoms with Crippen LogP contribution in [0.1, 0.15) is 25.7 Å². The molecule has 0 unspecified atom stereocenters. The third kappa shape index (κ3) is 8.72. The molecule has 0 saturated carbocycles. The lowest BCUT2D eigenvalue weighted by Crippen LogP contribution is -2.34. The van der Waals surface area contributed by atoms with Crippen LogP contribution in [0.4, 0.5) is 13.2 Å². The molecular formula is C12H24F3N3. The Hall–Kier alpha value is -0.330. The molecule has 1 aliphatic heterocycles. The van der Waals surface area contributed by atoms with E-state index in [2.05, 4.69) is 15.5 Å². The molecule has 3 nitrogen and oxygen atoms in total. The molecule has 0 bridgehead atoms. The molecule has 0 aromatic heterocycles. The van der Waals surface area contributed by atoms with Gasteiger partial charge in [0.05, 0.1) is 0 Å². The highest BCUT2D eigenvalue weighted by Gasteiger charge is 2.25. The number of alkyl halides is 3. The summed E-state index contributed by atoms with van der Waals surface area (Å²) in [6.45, 7) is 6.83. The van der Waals surface area contributed by atoms with E-state index in [1.807, 2.05) is 0 Å². The Morgan fingerprint density at radius 1 is 1.06 bits per heavy atom. The van der Waals surface area contributed by atoms with Gasteiger partial charge in [0.25, 0.3) is 0 Å². The largest absolute Gasteiger partial charge is 0.389 e. The average Bonchev–Trinajstić information content (AvgIpc) is 2.55. The molecule has 0 aromatic carbocycles. The first-order valence-electron chi connectivity index (χ1n) is 6.78. The van der Waals surface area contributed by atoms with Crippen LogP contribution < -0.4 is 10.6 Å². The maximum atomic E-state index is 11.9. The summed E-state index contributed by atoms with van der Waals surface area (Å²) in [4.78, 5) is 2.39. The summed E-state index contributed by atoms with van der Waals surface area (Å²) in [6.07, 6.45) is -2.66. The van der Waals surface area contributed by atoms with Crippen LogP contribution in [0.3, 0.4) is 0 Å². The molecule has 108 valence electrons. The number of nitrogens with one attached hydrogen (secondary N) is 2. The van der Waals surface area contributed by atoms with Crippen molar-refractivity contribution in [3.8, 4) is 0 Å². The SMILES string of the molecule is FC(F)(F)CCCCNCCN1CCCNCC1. The smallest absolute Gasteiger partial charge is 0.315 e. The molecule has 1 fully saturated rings. The van der Waals surface area contributed by atoms with Gasteiger partial charge in [0.1, 0.15) is 0 Å². The van der Waals surface area contributed by atoms with E-state index in [1.54, 1.807) is 0 Å². The van der Waals surface area contributed by atoms with Gasteiger partial charge in [0.15, 0.2) is 0 Å². The standard InChI is InChI=1S/C12H24F3N3/c13-12(14,15)4-1-2-5-16-7-10-18-9-3-6-17-8-11-18/h16-17H,1-11H2. The predicted octanol–water partition coefficient (Wildman–Crippen LogP) is 1.60. The van der Waals surface area contributed by atoms with E-state index in [4.69, 9.17) is 0 Å². The van der Waals surface area contributed by atoms with E-state index < -0.39 is 12.6 Å². The van der Waals surface area contributed by atoms with Gasteiger partial charge in [-0.15, -0.1) is 0 Å². The molecular weight excluding hydrogens is 243 g/mol. The fourth-order valence-corrected chi connectivity index (χ4v) is 2.06. The number of hydrogen-bond acceptors (Lipinski definition) is 3. The normalized spacial score (nSPS) is 18.8. The molecule has 0 aromatic rings. The van der Waals surface area contributed by atoms with Gasteiger partial charge in [-0.25, -0.2) is 0 Å².